The molecule has 1 aromatic rings. The van der Waals surface area contributed by atoms with Crippen LogP contribution in [0.3, 0.4) is 0 Å². The van der Waals surface area contributed by atoms with E-state index in [1.54, 1.807) is 6.07 Å². The van der Waals surface area contributed by atoms with Crippen molar-refractivity contribution in [1.29, 1.82) is 0 Å². The first-order chi connectivity index (χ1) is 6.63. The molecule has 0 aromatic heterocycles. The van der Waals surface area contributed by atoms with Crippen molar-refractivity contribution in [3.63, 3.8) is 0 Å². The summed E-state index contributed by atoms with van der Waals surface area (Å²) in [5, 5.41) is 3.28. The van der Waals surface area contributed by atoms with Gasteiger partial charge in [0.1, 0.15) is 5.82 Å². The lowest BCUT2D eigenvalue weighted by atomic mass is 9.81. The maximum atomic E-state index is 13.8. The van der Waals surface area contributed by atoms with Crippen LogP contribution in [0.2, 0.25) is 0 Å². The van der Waals surface area contributed by atoms with Crippen molar-refractivity contribution in [2.24, 2.45) is 0 Å². The van der Waals surface area contributed by atoms with E-state index in [1.807, 2.05) is 12.1 Å². The molecule has 1 aromatic carbocycles. The average Bonchev–Trinajstić information content (AvgIpc) is 2.58. The van der Waals surface area contributed by atoms with Crippen LogP contribution in [0.15, 0.2) is 22.7 Å². The zero-order valence-corrected chi connectivity index (χ0v) is 9.70. The summed E-state index contributed by atoms with van der Waals surface area (Å²) in [5.74, 6) is -0.112. The molecule has 1 aliphatic rings. The van der Waals surface area contributed by atoms with E-state index < -0.39 is 0 Å². The van der Waals surface area contributed by atoms with E-state index >= 15 is 0 Å². The van der Waals surface area contributed by atoms with Gasteiger partial charge in [-0.1, -0.05) is 19.1 Å². The fourth-order valence-corrected chi connectivity index (χ4v) is 2.38. The van der Waals surface area contributed by atoms with E-state index in [1.165, 1.54) is 0 Å². The van der Waals surface area contributed by atoms with Gasteiger partial charge in [0, 0.05) is 12.0 Å². The van der Waals surface area contributed by atoms with Crippen molar-refractivity contribution in [2.45, 2.75) is 18.8 Å². The number of rotatable bonds is 1. The van der Waals surface area contributed by atoms with Crippen LogP contribution < -0.4 is 5.32 Å². The minimum atomic E-state index is -0.112. The van der Waals surface area contributed by atoms with Crippen LogP contribution in [0.5, 0.6) is 0 Å². The van der Waals surface area contributed by atoms with Gasteiger partial charge in [-0.15, -0.1) is 0 Å². The van der Waals surface area contributed by atoms with Crippen LogP contribution >= 0.6 is 15.9 Å². The monoisotopic (exact) mass is 257 g/mol. The number of halogens is 2. The predicted octanol–water partition coefficient (Wildman–Crippen LogP) is 2.84. The quantitative estimate of drug-likeness (QED) is 0.816. The van der Waals surface area contributed by atoms with E-state index in [-0.39, 0.29) is 11.2 Å². The molecule has 1 saturated heterocycles. The van der Waals surface area contributed by atoms with E-state index in [4.69, 9.17) is 0 Å². The molecule has 0 spiro atoms. The molecule has 2 rings (SSSR count). The minimum Gasteiger partial charge on any atom is -0.316 e. The maximum Gasteiger partial charge on any atom is 0.141 e. The molecule has 3 heteroatoms. The number of hydrogen-bond donors (Lipinski definition) is 1. The molecule has 0 amide bonds. The van der Waals surface area contributed by atoms with Gasteiger partial charge in [-0.25, -0.2) is 4.39 Å². The molecule has 1 heterocycles. The molecular formula is C11H13BrFN. The number of nitrogens with one attached hydrogen (secondary N) is 1. The zero-order valence-electron chi connectivity index (χ0n) is 8.11. The standard InChI is InChI=1S/C11H13BrFN/c1-11(5-6-14-7-11)8-3-2-4-9(12)10(8)13/h2-4,14H,5-7H2,1H3. The Kier molecular flexibility index (Phi) is 2.62. The first-order valence-electron chi connectivity index (χ1n) is 4.79. The summed E-state index contributed by atoms with van der Waals surface area (Å²) in [6, 6.07) is 5.52. The predicted molar refractivity (Wildman–Crippen MR) is 58.9 cm³/mol. The van der Waals surface area contributed by atoms with Crippen LogP contribution in [0, 0.1) is 5.82 Å². The molecule has 14 heavy (non-hydrogen) atoms. The topological polar surface area (TPSA) is 12.0 Å². The fourth-order valence-electron chi connectivity index (χ4n) is 2.02. The summed E-state index contributed by atoms with van der Waals surface area (Å²) in [6.45, 7) is 3.95. The molecule has 1 fully saturated rings. The second kappa shape index (κ2) is 3.63. The lowest BCUT2D eigenvalue weighted by Gasteiger charge is -2.24. The summed E-state index contributed by atoms with van der Waals surface area (Å²) in [5.41, 5.74) is 0.769. The molecular weight excluding hydrogens is 245 g/mol. The molecule has 1 aliphatic heterocycles. The third-order valence-electron chi connectivity index (χ3n) is 2.97. The lowest BCUT2D eigenvalue weighted by molar-refractivity contribution is 0.480. The largest absolute Gasteiger partial charge is 0.316 e. The van der Waals surface area contributed by atoms with E-state index in [0.29, 0.717) is 4.47 Å². The van der Waals surface area contributed by atoms with Crippen molar-refractivity contribution in [3.05, 3.63) is 34.1 Å². The fraction of sp³-hybridized carbons (Fsp3) is 0.455. The van der Waals surface area contributed by atoms with Crippen molar-refractivity contribution >= 4 is 15.9 Å². The normalized spacial score (nSPS) is 26.8. The van der Waals surface area contributed by atoms with E-state index in [9.17, 15) is 4.39 Å². The van der Waals surface area contributed by atoms with Crippen molar-refractivity contribution in [2.75, 3.05) is 13.1 Å². The lowest BCUT2D eigenvalue weighted by Crippen LogP contribution is -2.26. The molecule has 0 radical (unpaired) electrons. The van der Waals surface area contributed by atoms with Gasteiger partial charge < -0.3 is 5.32 Å². The van der Waals surface area contributed by atoms with Gasteiger partial charge in [-0.2, -0.15) is 0 Å². The van der Waals surface area contributed by atoms with Gasteiger partial charge >= 0.3 is 0 Å². The van der Waals surface area contributed by atoms with Crippen molar-refractivity contribution < 1.29 is 4.39 Å². The van der Waals surface area contributed by atoms with Crippen molar-refractivity contribution in [1.82, 2.24) is 5.32 Å². The highest BCUT2D eigenvalue weighted by molar-refractivity contribution is 9.10. The summed E-state index contributed by atoms with van der Waals surface area (Å²) in [6.07, 6.45) is 1.00. The van der Waals surface area contributed by atoms with Crippen LogP contribution in [0.1, 0.15) is 18.9 Å². The van der Waals surface area contributed by atoms with E-state index in [2.05, 4.69) is 28.2 Å². The molecule has 1 atom stereocenters. The summed E-state index contributed by atoms with van der Waals surface area (Å²) in [7, 11) is 0. The summed E-state index contributed by atoms with van der Waals surface area (Å²) < 4.78 is 14.4. The Hall–Kier alpha value is -0.410. The molecule has 76 valence electrons. The van der Waals surface area contributed by atoms with Crippen LogP contribution in [-0.4, -0.2) is 13.1 Å². The Balaban J connectivity index is 2.45. The van der Waals surface area contributed by atoms with Gasteiger partial charge in [0.15, 0.2) is 0 Å². The summed E-state index contributed by atoms with van der Waals surface area (Å²) >= 11 is 3.22. The first-order valence-corrected chi connectivity index (χ1v) is 5.58. The Bertz CT molecular complexity index is 345. The molecule has 0 saturated carbocycles. The smallest absolute Gasteiger partial charge is 0.141 e. The maximum absolute atomic E-state index is 13.8. The Morgan fingerprint density at radius 2 is 2.29 bits per heavy atom. The Morgan fingerprint density at radius 1 is 1.50 bits per heavy atom. The van der Waals surface area contributed by atoms with Gasteiger partial charge in [0.2, 0.25) is 0 Å². The van der Waals surface area contributed by atoms with Crippen molar-refractivity contribution in [3.8, 4) is 0 Å². The van der Waals surface area contributed by atoms with Crippen LogP contribution in [0.25, 0.3) is 0 Å². The first kappa shape index (κ1) is 10.1. The van der Waals surface area contributed by atoms with Gasteiger partial charge in [0.25, 0.3) is 0 Å². The highest BCUT2D eigenvalue weighted by Gasteiger charge is 2.33. The highest BCUT2D eigenvalue weighted by atomic mass is 79.9. The number of hydrogen-bond acceptors (Lipinski definition) is 1. The summed E-state index contributed by atoms with van der Waals surface area (Å²) in [4.78, 5) is 0. The second-order valence-corrected chi connectivity index (χ2v) is 4.94. The van der Waals surface area contributed by atoms with Crippen LogP contribution in [-0.2, 0) is 5.41 Å². The zero-order chi connectivity index (χ0) is 10.2. The number of benzene rings is 1. The molecule has 0 aliphatic carbocycles. The van der Waals surface area contributed by atoms with Gasteiger partial charge in [-0.05, 0) is 40.5 Å². The van der Waals surface area contributed by atoms with Gasteiger partial charge in [0.05, 0.1) is 4.47 Å². The average molecular weight is 258 g/mol. The minimum absolute atomic E-state index is 0.0478. The molecule has 1 unspecified atom stereocenters. The Labute approximate surface area is 91.8 Å². The third kappa shape index (κ3) is 1.59. The third-order valence-corrected chi connectivity index (χ3v) is 3.58. The Morgan fingerprint density at radius 3 is 2.93 bits per heavy atom. The molecule has 1 N–H and O–H groups in total. The second-order valence-electron chi connectivity index (χ2n) is 4.09. The van der Waals surface area contributed by atoms with Gasteiger partial charge in [-0.3, -0.25) is 0 Å². The highest BCUT2D eigenvalue weighted by Crippen LogP contribution is 2.34. The van der Waals surface area contributed by atoms with Crippen LogP contribution in [0.4, 0.5) is 4.39 Å². The molecule has 0 bridgehead atoms. The molecule has 1 nitrogen and oxygen atoms in total. The van der Waals surface area contributed by atoms with E-state index in [0.717, 1.165) is 25.1 Å². The SMILES string of the molecule is CC1(c2cccc(Br)c2F)CCNC1.